The number of hydrogen-bond acceptors (Lipinski definition) is 2. The van der Waals surface area contributed by atoms with Crippen molar-refractivity contribution in [2.45, 2.75) is 6.54 Å². The maximum atomic E-state index is 5.78. The Morgan fingerprint density at radius 3 is 2.62 bits per heavy atom. The van der Waals surface area contributed by atoms with Crippen molar-refractivity contribution in [1.29, 1.82) is 0 Å². The number of H-pyrrole nitrogens is 1. The number of hydrogen-bond donors (Lipinski definition) is 2. The molecule has 3 aromatic carbocycles. The number of aromatic nitrogens is 2. The summed E-state index contributed by atoms with van der Waals surface area (Å²) in [5.41, 5.74) is 9.93. The molecule has 3 heteroatoms. The molecule has 0 aliphatic carbocycles. The molecule has 0 aliphatic rings. The maximum absolute atomic E-state index is 5.78. The number of nitrogens with two attached hydrogens (primary N) is 1. The smallest absolute Gasteiger partial charge is 0.138 e. The minimum absolute atomic E-state index is 0.499. The van der Waals surface area contributed by atoms with Crippen LogP contribution in [0, 0.1) is 0 Å². The van der Waals surface area contributed by atoms with Gasteiger partial charge in [-0.3, -0.25) is 0 Å². The molecule has 3 nitrogen and oxygen atoms in total. The highest BCUT2D eigenvalue weighted by atomic mass is 14.9. The zero-order chi connectivity index (χ0) is 14.2. The van der Waals surface area contributed by atoms with E-state index < -0.39 is 0 Å². The highest BCUT2D eigenvalue weighted by Gasteiger charge is 2.08. The molecule has 0 unspecified atom stereocenters. The SMILES string of the molecule is NCc1cccc2[nH]c(-c3ccc4ccccc4c3)nc12. The summed E-state index contributed by atoms with van der Waals surface area (Å²) in [5, 5.41) is 2.45. The van der Waals surface area contributed by atoms with Crippen LogP contribution in [0.2, 0.25) is 0 Å². The van der Waals surface area contributed by atoms with E-state index >= 15 is 0 Å². The Labute approximate surface area is 122 Å². The van der Waals surface area contributed by atoms with Gasteiger partial charge in [0.2, 0.25) is 0 Å². The summed E-state index contributed by atoms with van der Waals surface area (Å²) in [7, 11) is 0. The van der Waals surface area contributed by atoms with E-state index in [1.54, 1.807) is 0 Å². The van der Waals surface area contributed by atoms with E-state index in [9.17, 15) is 0 Å². The van der Waals surface area contributed by atoms with Gasteiger partial charge in [0.25, 0.3) is 0 Å². The topological polar surface area (TPSA) is 54.7 Å². The summed E-state index contributed by atoms with van der Waals surface area (Å²) < 4.78 is 0. The maximum Gasteiger partial charge on any atom is 0.138 e. The van der Waals surface area contributed by atoms with E-state index in [0.29, 0.717) is 6.54 Å². The third-order valence-electron chi connectivity index (χ3n) is 3.84. The van der Waals surface area contributed by atoms with Gasteiger partial charge in [-0.05, 0) is 28.5 Å². The summed E-state index contributed by atoms with van der Waals surface area (Å²) >= 11 is 0. The Morgan fingerprint density at radius 1 is 0.905 bits per heavy atom. The van der Waals surface area contributed by atoms with Gasteiger partial charge in [0.15, 0.2) is 0 Å². The Kier molecular flexibility index (Phi) is 2.72. The molecule has 3 N–H and O–H groups in total. The number of nitrogens with one attached hydrogen (secondary N) is 1. The molecular formula is C18H15N3. The van der Waals surface area contributed by atoms with Crippen molar-refractivity contribution in [3.63, 3.8) is 0 Å². The summed E-state index contributed by atoms with van der Waals surface area (Å²) in [4.78, 5) is 8.11. The molecule has 0 amide bonds. The van der Waals surface area contributed by atoms with Gasteiger partial charge in [0.1, 0.15) is 5.82 Å². The van der Waals surface area contributed by atoms with Crippen LogP contribution >= 0.6 is 0 Å². The Hall–Kier alpha value is -2.65. The Morgan fingerprint density at radius 2 is 1.76 bits per heavy atom. The molecule has 0 atom stereocenters. The van der Waals surface area contributed by atoms with Crippen LogP contribution in [0.1, 0.15) is 5.56 Å². The number of imidazole rings is 1. The van der Waals surface area contributed by atoms with Gasteiger partial charge >= 0.3 is 0 Å². The first kappa shape index (κ1) is 12.1. The first-order valence-corrected chi connectivity index (χ1v) is 7.02. The monoisotopic (exact) mass is 273 g/mol. The number of para-hydroxylation sites is 1. The van der Waals surface area contributed by atoms with Crippen LogP contribution in [-0.2, 0) is 6.54 Å². The van der Waals surface area contributed by atoms with Crippen LogP contribution in [-0.4, -0.2) is 9.97 Å². The van der Waals surface area contributed by atoms with E-state index in [-0.39, 0.29) is 0 Å². The molecule has 4 aromatic rings. The molecule has 0 spiro atoms. The Balaban J connectivity index is 1.91. The van der Waals surface area contributed by atoms with Crippen molar-refractivity contribution in [2.75, 3.05) is 0 Å². The normalized spacial score (nSPS) is 11.3. The molecule has 0 radical (unpaired) electrons. The molecule has 0 saturated heterocycles. The summed E-state index contributed by atoms with van der Waals surface area (Å²) in [6, 6.07) is 20.8. The quantitative estimate of drug-likeness (QED) is 0.583. The molecule has 0 bridgehead atoms. The average molecular weight is 273 g/mol. The predicted octanol–water partition coefficient (Wildman–Crippen LogP) is 3.84. The molecule has 1 aromatic heterocycles. The van der Waals surface area contributed by atoms with Crippen LogP contribution in [0.5, 0.6) is 0 Å². The minimum atomic E-state index is 0.499. The van der Waals surface area contributed by atoms with Gasteiger partial charge in [0.05, 0.1) is 11.0 Å². The fourth-order valence-electron chi connectivity index (χ4n) is 2.73. The van der Waals surface area contributed by atoms with E-state index in [4.69, 9.17) is 10.7 Å². The largest absolute Gasteiger partial charge is 0.338 e. The molecule has 21 heavy (non-hydrogen) atoms. The predicted molar refractivity (Wildman–Crippen MR) is 86.9 cm³/mol. The van der Waals surface area contributed by atoms with Gasteiger partial charge in [0, 0.05) is 12.1 Å². The molecule has 102 valence electrons. The van der Waals surface area contributed by atoms with Crippen molar-refractivity contribution in [3.05, 3.63) is 66.2 Å². The number of nitrogens with zero attached hydrogens (tertiary/aromatic N) is 1. The van der Waals surface area contributed by atoms with E-state index in [1.165, 1.54) is 10.8 Å². The first-order valence-electron chi connectivity index (χ1n) is 7.02. The minimum Gasteiger partial charge on any atom is -0.338 e. The van der Waals surface area contributed by atoms with E-state index in [1.807, 2.05) is 18.2 Å². The van der Waals surface area contributed by atoms with Crippen molar-refractivity contribution in [2.24, 2.45) is 5.73 Å². The standard InChI is InChI=1S/C18H15N3/c19-11-15-6-3-7-16-17(15)21-18(20-16)14-9-8-12-4-1-2-5-13(12)10-14/h1-10H,11,19H2,(H,20,21). The summed E-state index contributed by atoms with van der Waals surface area (Å²) in [6.45, 7) is 0.499. The van der Waals surface area contributed by atoms with Gasteiger partial charge in [-0.25, -0.2) is 4.98 Å². The van der Waals surface area contributed by atoms with Gasteiger partial charge in [-0.15, -0.1) is 0 Å². The number of aromatic amines is 1. The zero-order valence-corrected chi connectivity index (χ0v) is 11.5. The average Bonchev–Trinajstić information content (AvgIpc) is 2.98. The van der Waals surface area contributed by atoms with E-state index in [0.717, 1.165) is 28.0 Å². The Bertz CT molecular complexity index is 937. The van der Waals surface area contributed by atoms with Crippen LogP contribution < -0.4 is 5.73 Å². The van der Waals surface area contributed by atoms with Crippen LogP contribution in [0.15, 0.2) is 60.7 Å². The number of rotatable bonds is 2. The summed E-state index contributed by atoms with van der Waals surface area (Å²) in [5.74, 6) is 0.886. The molecular weight excluding hydrogens is 258 g/mol. The fourth-order valence-corrected chi connectivity index (χ4v) is 2.73. The van der Waals surface area contributed by atoms with Crippen molar-refractivity contribution in [3.8, 4) is 11.4 Å². The third-order valence-corrected chi connectivity index (χ3v) is 3.84. The number of fused-ring (bicyclic) bond motifs is 2. The zero-order valence-electron chi connectivity index (χ0n) is 11.5. The highest BCUT2D eigenvalue weighted by molar-refractivity contribution is 5.88. The fraction of sp³-hybridized carbons (Fsp3) is 0.0556. The van der Waals surface area contributed by atoms with Crippen LogP contribution in [0.3, 0.4) is 0 Å². The third kappa shape index (κ3) is 1.99. The number of benzene rings is 3. The van der Waals surface area contributed by atoms with Crippen molar-refractivity contribution < 1.29 is 0 Å². The summed E-state index contributed by atoms with van der Waals surface area (Å²) in [6.07, 6.45) is 0. The lowest BCUT2D eigenvalue weighted by molar-refractivity contribution is 1.08. The second-order valence-electron chi connectivity index (χ2n) is 5.16. The van der Waals surface area contributed by atoms with Crippen LogP contribution in [0.25, 0.3) is 33.2 Å². The lowest BCUT2D eigenvalue weighted by atomic mass is 10.1. The van der Waals surface area contributed by atoms with Crippen molar-refractivity contribution >= 4 is 21.8 Å². The van der Waals surface area contributed by atoms with E-state index in [2.05, 4.69) is 47.4 Å². The second-order valence-corrected chi connectivity index (χ2v) is 5.16. The molecule has 0 aliphatic heterocycles. The highest BCUT2D eigenvalue weighted by Crippen LogP contribution is 2.25. The second kappa shape index (κ2) is 4.72. The lowest BCUT2D eigenvalue weighted by Gasteiger charge is -2.00. The molecule has 1 heterocycles. The lowest BCUT2D eigenvalue weighted by Crippen LogP contribution is -1.96. The molecule has 0 fully saturated rings. The van der Waals surface area contributed by atoms with Gasteiger partial charge in [-0.2, -0.15) is 0 Å². The molecule has 0 saturated carbocycles. The molecule has 4 rings (SSSR count). The van der Waals surface area contributed by atoms with Crippen molar-refractivity contribution in [1.82, 2.24) is 9.97 Å². The van der Waals surface area contributed by atoms with Gasteiger partial charge < -0.3 is 10.7 Å². The first-order chi connectivity index (χ1) is 10.3. The van der Waals surface area contributed by atoms with Gasteiger partial charge in [-0.1, -0.05) is 48.5 Å². The van der Waals surface area contributed by atoms with Crippen LogP contribution in [0.4, 0.5) is 0 Å².